The molecule has 1 aromatic rings. The second kappa shape index (κ2) is 7.48. The van der Waals surface area contributed by atoms with Crippen molar-refractivity contribution < 1.29 is 4.79 Å². The first kappa shape index (κ1) is 16.6. The monoisotopic (exact) mass is 328 g/mol. The molecule has 0 saturated heterocycles. The summed E-state index contributed by atoms with van der Waals surface area (Å²) in [5, 5.41) is 4.48. The number of nitrogens with zero attached hydrogens (tertiary/aromatic N) is 1. The third kappa shape index (κ3) is 4.12. The first-order valence-corrected chi connectivity index (χ1v) is 8.15. The van der Waals surface area contributed by atoms with Crippen LogP contribution in [-0.2, 0) is 11.2 Å². The molecule has 1 aliphatic carbocycles. The van der Waals surface area contributed by atoms with Gasteiger partial charge in [-0.25, -0.2) is 0 Å². The third-order valence-corrected chi connectivity index (χ3v) is 4.93. The van der Waals surface area contributed by atoms with Gasteiger partial charge in [-0.2, -0.15) is 0 Å². The summed E-state index contributed by atoms with van der Waals surface area (Å²) >= 11 is 12.0. The molecule has 0 aliphatic heterocycles. The highest BCUT2D eigenvalue weighted by Gasteiger charge is 2.29. The van der Waals surface area contributed by atoms with E-state index in [0.717, 1.165) is 18.4 Å². The van der Waals surface area contributed by atoms with Gasteiger partial charge in [0.25, 0.3) is 0 Å². The number of benzene rings is 1. The average Bonchev–Trinajstić information content (AvgIpc) is 2.49. The van der Waals surface area contributed by atoms with E-state index in [1.807, 2.05) is 25.1 Å². The minimum atomic E-state index is 0.103. The summed E-state index contributed by atoms with van der Waals surface area (Å²) in [5.74, 6) is 0.103. The smallest absolute Gasteiger partial charge is 0.227 e. The van der Waals surface area contributed by atoms with E-state index in [4.69, 9.17) is 23.2 Å². The van der Waals surface area contributed by atoms with Gasteiger partial charge in [0.2, 0.25) is 5.91 Å². The average molecular weight is 329 g/mol. The summed E-state index contributed by atoms with van der Waals surface area (Å²) in [4.78, 5) is 14.4. The Kier molecular flexibility index (Phi) is 5.91. The highest BCUT2D eigenvalue weighted by Crippen LogP contribution is 2.25. The van der Waals surface area contributed by atoms with Crippen molar-refractivity contribution in [2.24, 2.45) is 0 Å². The fourth-order valence-corrected chi connectivity index (χ4v) is 3.52. The summed E-state index contributed by atoms with van der Waals surface area (Å²) in [5.41, 5.74) is 0.828. The van der Waals surface area contributed by atoms with Crippen molar-refractivity contribution in [2.45, 2.75) is 44.2 Å². The van der Waals surface area contributed by atoms with Gasteiger partial charge in [0.1, 0.15) is 0 Å². The van der Waals surface area contributed by atoms with E-state index in [1.165, 1.54) is 12.8 Å². The van der Waals surface area contributed by atoms with Crippen molar-refractivity contribution in [3.63, 3.8) is 0 Å². The number of rotatable bonds is 4. The molecule has 1 amide bonds. The van der Waals surface area contributed by atoms with E-state index >= 15 is 0 Å². The van der Waals surface area contributed by atoms with Gasteiger partial charge in [-0.05, 0) is 37.6 Å². The molecule has 3 nitrogen and oxygen atoms in total. The summed E-state index contributed by atoms with van der Waals surface area (Å²) in [6, 6.07) is 5.93. The summed E-state index contributed by atoms with van der Waals surface area (Å²) < 4.78 is 0. The van der Waals surface area contributed by atoms with Crippen molar-refractivity contribution in [1.29, 1.82) is 0 Å². The molecular formula is C16H22Cl2N2O. The largest absolute Gasteiger partial charge is 0.341 e. The lowest BCUT2D eigenvalue weighted by Crippen LogP contribution is -2.51. The Hall–Kier alpha value is -0.770. The zero-order chi connectivity index (χ0) is 15.4. The Balaban J connectivity index is 2.04. The SMILES string of the molecule is CN[C@H]1CCCC[C@@H]1N(C)C(=O)Cc1ccc(Cl)cc1Cl. The zero-order valence-corrected chi connectivity index (χ0v) is 14.0. The lowest BCUT2D eigenvalue weighted by atomic mass is 9.89. The maximum Gasteiger partial charge on any atom is 0.227 e. The molecule has 2 atom stereocenters. The fraction of sp³-hybridized carbons (Fsp3) is 0.562. The zero-order valence-electron chi connectivity index (χ0n) is 12.5. The molecule has 1 saturated carbocycles. The van der Waals surface area contributed by atoms with Crippen LogP contribution in [0.1, 0.15) is 31.2 Å². The molecule has 5 heteroatoms. The molecule has 1 aromatic carbocycles. The van der Waals surface area contributed by atoms with Crippen LogP contribution in [0.25, 0.3) is 0 Å². The van der Waals surface area contributed by atoms with Gasteiger partial charge >= 0.3 is 0 Å². The summed E-state index contributed by atoms with van der Waals surface area (Å²) in [6.07, 6.45) is 4.91. The Morgan fingerprint density at radius 3 is 2.71 bits per heavy atom. The number of hydrogen-bond acceptors (Lipinski definition) is 2. The number of hydrogen-bond donors (Lipinski definition) is 1. The highest BCUT2D eigenvalue weighted by molar-refractivity contribution is 6.35. The predicted molar refractivity (Wildman–Crippen MR) is 88.0 cm³/mol. The van der Waals surface area contributed by atoms with Crippen molar-refractivity contribution in [1.82, 2.24) is 10.2 Å². The number of nitrogens with one attached hydrogen (secondary N) is 1. The van der Waals surface area contributed by atoms with Gasteiger partial charge in [0, 0.05) is 29.2 Å². The predicted octanol–water partition coefficient (Wildman–Crippen LogP) is 3.52. The van der Waals surface area contributed by atoms with Gasteiger partial charge < -0.3 is 10.2 Å². The molecule has 21 heavy (non-hydrogen) atoms. The topological polar surface area (TPSA) is 32.3 Å². The molecular weight excluding hydrogens is 307 g/mol. The number of likely N-dealkylation sites (N-methyl/N-ethyl adjacent to an activating group) is 2. The van der Waals surface area contributed by atoms with Crippen LogP contribution in [0.15, 0.2) is 18.2 Å². The molecule has 0 aromatic heterocycles. The molecule has 1 aliphatic rings. The van der Waals surface area contributed by atoms with Crippen LogP contribution >= 0.6 is 23.2 Å². The second-order valence-electron chi connectivity index (χ2n) is 5.66. The lowest BCUT2D eigenvalue weighted by molar-refractivity contribution is -0.132. The van der Waals surface area contributed by atoms with E-state index in [0.29, 0.717) is 22.5 Å². The molecule has 2 rings (SSSR count). The van der Waals surface area contributed by atoms with E-state index in [1.54, 1.807) is 12.1 Å². The summed E-state index contributed by atoms with van der Waals surface area (Å²) in [7, 11) is 3.86. The van der Waals surface area contributed by atoms with Crippen LogP contribution in [0.4, 0.5) is 0 Å². The van der Waals surface area contributed by atoms with Gasteiger partial charge in [0.05, 0.1) is 6.42 Å². The van der Waals surface area contributed by atoms with E-state index in [2.05, 4.69) is 5.32 Å². The maximum atomic E-state index is 12.5. The molecule has 116 valence electrons. The minimum Gasteiger partial charge on any atom is -0.341 e. The number of halogens is 2. The lowest BCUT2D eigenvalue weighted by Gasteiger charge is -2.38. The van der Waals surface area contributed by atoms with Gasteiger partial charge in [-0.15, -0.1) is 0 Å². The number of carbonyl (C=O) groups excluding carboxylic acids is 1. The van der Waals surface area contributed by atoms with Crippen molar-refractivity contribution >= 4 is 29.1 Å². The van der Waals surface area contributed by atoms with E-state index in [9.17, 15) is 4.79 Å². The highest BCUT2D eigenvalue weighted by atomic mass is 35.5. The van der Waals surface area contributed by atoms with Crippen LogP contribution in [0, 0.1) is 0 Å². The van der Waals surface area contributed by atoms with E-state index < -0.39 is 0 Å². The molecule has 0 radical (unpaired) electrons. The molecule has 1 N–H and O–H groups in total. The van der Waals surface area contributed by atoms with Crippen molar-refractivity contribution in [3.8, 4) is 0 Å². The Bertz CT molecular complexity index is 507. The van der Waals surface area contributed by atoms with Gasteiger partial charge in [-0.3, -0.25) is 4.79 Å². The summed E-state index contributed by atoms with van der Waals surface area (Å²) in [6.45, 7) is 0. The van der Waals surface area contributed by atoms with Crippen LogP contribution in [0.5, 0.6) is 0 Å². The molecule has 0 heterocycles. The Morgan fingerprint density at radius 2 is 2.05 bits per heavy atom. The standard InChI is InChI=1S/C16H22Cl2N2O/c1-19-14-5-3-4-6-15(14)20(2)16(21)9-11-7-8-12(17)10-13(11)18/h7-8,10,14-15,19H,3-6,9H2,1-2H3/t14-,15-/m0/s1. The quantitative estimate of drug-likeness (QED) is 0.917. The van der Waals surface area contributed by atoms with Crippen LogP contribution < -0.4 is 5.32 Å². The van der Waals surface area contributed by atoms with Crippen LogP contribution in [-0.4, -0.2) is 37.0 Å². The second-order valence-corrected chi connectivity index (χ2v) is 6.51. The number of amides is 1. The van der Waals surface area contributed by atoms with Crippen LogP contribution in [0.2, 0.25) is 10.0 Å². The molecule has 1 fully saturated rings. The van der Waals surface area contributed by atoms with Crippen molar-refractivity contribution in [3.05, 3.63) is 33.8 Å². The first-order valence-electron chi connectivity index (χ1n) is 7.39. The molecule has 0 bridgehead atoms. The first-order chi connectivity index (χ1) is 10.0. The minimum absolute atomic E-state index is 0.103. The Labute approximate surface area is 136 Å². The molecule has 0 spiro atoms. The molecule has 0 unspecified atom stereocenters. The third-order valence-electron chi connectivity index (χ3n) is 4.35. The van der Waals surface area contributed by atoms with Gasteiger partial charge in [-0.1, -0.05) is 42.1 Å². The number of carbonyl (C=O) groups is 1. The van der Waals surface area contributed by atoms with E-state index in [-0.39, 0.29) is 11.9 Å². The van der Waals surface area contributed by atoms with Crippen LogP contribution in [0.3, 0.4) is 0 Å². The fourth-order valence-electron chi connectivity index (χ4n) is 3.05. The Morgan fingerprint density at radius 1 is 1.33 bits per heavy atom. The normalized spacial score (nSPS) is 22.1. The van der Waals surface area contributed by atoms with Gasteiger partial charge in [0.15, 0.2) is 0 Å². The maximum absolute atomic E-state index is 12.5. The van der Waals surface area contributed by atoms with Crippen molar-refractivity contribution in [2.75, 3.05) is 14.1 Å².